The Hall–Kier alpha value is -0.990. The van der Waals surface area contributed by atoms with Gasteiger partial charge in [0.05, 0.1) is 0 Å². The molecule has 1 fully saturated rings. The molecule has 0 saturated heterocycles. The van der Waals surface area contributed by atoms with E-state index in [1.807, 2.05) is 6.20 Å². The van der Waals surface area contributed by atoms with Gasteiger partial charge in [0.1, 0.15) is 0 Å². The van der Waals surface area contributed by atoms with Crippen molar-refractivity contribution in [1.82, 2.24) is 9.55 Å². The summed E-state index contributed by atoms with van der Waals surface area (Å²) in [5.41, 5.74) is 0. The highest BCUT2D eigenvalue weighted by molar-refractivity contribution is 5.25. The number of imidazole rings is 1. The van der Waals surface area contributed by atoms with Crippen LogP contribution in [0.15, 0.2) is 12.4 Å². The second kappa shape index (κ2) is 7.45. The molecule has 0 spiro atoms. The molecule has 0 aromatic carbocycles. The average Bonchev–Trinajstić information content (AvgIpc) is 2.85. The van der Waals surface area contributed by atoms with E-state index in [1.165, 1.54) is 51.4 Å². The van der Waals surface area contributed by atoms with Crippen LogP contribution in [0, 0.1) is 5.92 Å². The zero-order valence-corrected chi connectivity index (χ0v) is 11.7. The summed E-state index contributed by atoms with van der Waals surface area (Å²) in [5.74, 6) is 2.00. The van der Waals surface area contributed by atoms with E-state index in [0.717, 1.165) is 25.0 Å². The van der Waals surface area contributed by atoms with Gasteiger partial charge in [0.2, 0.25) is 5.95 Å². The smallest absolute Gasteiger partial charge is 0.202 e. The molecule has 1 aromatic heterocycles. The summed E-state index contributed by atoms with van der Waals surface area (Å²) in [6.07, 6.45) is 15.0. The van der Waals surface area contributed by atoms with Gasteiger partial charge in [-0.15, -0.1) is 0 Å². The molecule has 0 atom stereocenters. The van der Waals surface area contributed by atoms with Crippen LogP contribution in [-0.2, 0) is 6.54 Å². The molecule has 0 radical (unpaired) electrons. The lowest BCUT2D eigenvalue weighted by molar-refractivity contribution is 0.345. The summed E-state index contributed by atoms with van der Waals surface area (Å²) in [4.78, 5) is 4.40. The molecule has 1 aromatic rings. The SMILES string of the molecule is CCCCn1ccnc1NCCC1CCCCC1. The Balaban J connectivity index is 1.70. The van der Waals surface area contributed by atoms with Crippen molar-refractivity contribution in [3.05, 3.63) is 12.4 Å². The number of anilines is 1. The molecule has 3 nitrogen and oxygen atoms in total. The highest BCUT2D eigenvalue weighted by atomic mass is 15.2. The largest absolute Gasteiger partial charge is 0.356 e. The van der Waals surface area contributed by atoms with Crippen molar-refractivity contribution in [1.29, 1.82) is 0 Å². The monoisotopic (exact) mass is 249 g/mol. The number of nitrogens with one attached hydrogen (secondary N) is 1. The van der Waals surface area contributed by atoms with E-state index in [1.54, 1.807) is 0 Å². The van der Waals surface area contributed by atoms with Gasteiger partial charge in [0.15, 0.2) is 0 Å². The van der Waals surface area contributed by atoms with Crippen LogP contribution in [-0.4, -0.2) is 16.1 Å². The first-order chi connectivity index (χ1) is 8.90. The van der Waals surface area contributed by atoms with Crippen LogP contribution in [0.5, 0.6) is 0 Å². The van der Waals surface area contributed by atoms with Crippen molar-refractivity contribution < 1.29 is 0 Å². The van der Waals surface area contributed by atoms with Gasteiger partial charge < -0.3 is 9.88 Å². The Morgan fingerprint density at radius 1 is 1.33 bits per heavy atom. The molecule has 1 aliphatic carbocycles. The highest BCUT2D eigenvalue weighted by Gasteiger charge is 2.13. The number of aromatic nitrogens is 2. The lowest BCUT2D eigenvalue weighted by atomic mass is 9.87. The van der Waals surface area contributed by atoms with Crippen molar-refractivity contribution in [2.24, 2.45) is 5.92 Å². The standard InChI is InChI=1S/C15H27N3/c1-2-3-12-18-13-11-17-15(18)16-10-9-14-7-5-4-6-8-14/h11,13-14H,2-10,12H2,1H3,(H,16,17). The molecule has 0 bridgehead atoms. The van der Waals surface area contributed by atoms with Crippen molar-refractivity contribution in [3.63, 3.8) is 0 Å². The van der Waals surface area contributed by atoms with Gasteiger partial charge >= 0.3 is 0 Å². The summed E-state index contributed by atoms with van der Waals surface area (Å²) in [6, 6.07) is 0. The first-order valence-corrected chi connectivity index (χ1v) is 7.65. The van der Waals surface area contributed by atoms with Crippen molar-refractivity contribution >= 4 is 5.95 Å². The van der Waals surface area contributed by atoms with Gasteiger partial charge in [-0.3, -0.25) is 0 Å². The van der Waals surface area contributed by atoms with Crippen molar-refractivity contribution in [2.45, 2.75) is 64.8 Å². The number of hydrogen-bond donors (Lipinski definition) is 1. The van der Waals surface area contributed by atoms with E-state index in [9.17, 15) is 0 Å². The molecule has 3 heteroatoms. The van der Waals surface area contributed by atoms with E-state index in [2.05, 4.69) is 28.0 Å². The van der Waals surface area contributed by atoms with Gasteiger partial charge in [-0.1, -0.05) is 45.4 Å². The molecule has 1 N–H and O–H groups in total. The Bertz CT molecular complexity index is 326. The Morgan fingerprint density at radius 2 is 2.17 bits per heavy atom. The molecule has 18 heavy (non-hydrogen) atoms. The van der Waals surface area contributed by atoms with Crippen LogP contribution in [0.2, 0.25) is 0 Å². The van der Waals surface area contributed by atoms with E-state index >= 15 is 0 Å². The third-order valence-corrected chi connectivity index (χ3v) is 4.03. The van der Waals surface area contributed by atoms with Gasteiger partial charge in [-0.05, 0) is 18.8 Å². The van der Waals surface area contributed by atoms with Gasteiger partial charge in [-0.2, -0.15) is 0 Å². The highest BCUT2D eigenvalue weighted by Crippen LogP contribution is 2.26. The molecule has 1 heterocycles. The maximum atomic E-state index is 4.40. The molecule has 1 saturated carbocycles. The second-order valence-electron chi connectivity index (χ2n) is 5.52. The quantitative estimate of drug-likeness (QED) is 0.789. The summed E-state index contributed by atoms with van der Waals surface area (Å²) in [5, 5.41) is 3.50. The lowest BCUT2D eigenvalue weighted by Gasteiger charge is -2.21. The molecular weight excluding hydrogens is 222 g/mol. The minimum atomic E-state index is 0.949. The minimum absolute atomic E-state index is 0.949. The first kappa shape index (κ1) is 13.4. The Morgan fingerprint density at radius 3 is 2.94 bits per heavy atom. The number of unbranched alkanes of at least 4 members (excludes halogenated alkanes) is 1. The van der Waals surface area contributed by atoms with Crippen LogP contribution in [0.25, 0.3) is 0 Å². The Kier molecular flexibility index (Phi) is 5.56. The van der Waals surface area contributed by atoms with Gasteiger partial charge in [-0.25, -0.2) is 4.98 Å². The summed E-state index contributed by atoms with van der Waals surface area (Å²) >= 11 is 0. The zero-order valence-electron chi connectivity index (χ0n) is 11.7. The number of rotatable bonds is 7. The molecule has 1 aliphatic rings. The van der Waals surface area contributed by atoms with E-state index in [-0.39, 0.29) is 0 Å². The molecular formula is C15H27N3. The predicted molar refractivity (Wildman–Crippen MR) is 76.8 cm³/mol. The normalized spacial score (nSPS) is 16.9. The van der Waals surface area contributed by atoms with Gasteiger partial charge in [0, 0.05) is 25.5 Å². The number of hydrogen-bond acceptors (Lipinski definition) is 2. The van der Waals surface area contributed by atoms with E-state index in [4.69, 9.17) is 0 Å². The van der Waals surface area contributed by atoms with Crippen LogP contribution >= 0.6 is 0 Å². The number of nitrogens with zero attached hydrogens (tertiary/aromatic N) is 2. The minimum Gasteiger partial charge on any atom is -0.356 e. The van der Waals surface area contributed by atoms with Crippen molar-refractivity contribution in [3.8, 4) is 0 Å². The van der Waals surface area contributed by atoms with Crippen LogP contribution in [0.1, 0.15) is 58.3 Å². The topological polar surface area (TPSA) is 29.9 Å². The van der Waals surface area contributed by atoms with Gasteiger partial charge in [0.25, 0.3) is 0 Å². The summed E-state index contributed by atoms with van der Waals surface area (Å²) < 4.78 is 2.24. The molecule has 2 rings (SSSR count). The van der Waals surface area contributed by atoms with Crippen molar-refractivity contribution in [2.75, 3.05) is 11.9 Å². The van der Waals surface area contributed by atoms with Crippen LogP contribution in [0.3, 0.4) is 0 Å². The lowest BCUT2D eigenvalue weighted by Crippen LogP contribution is -2.14. The first-order valence-electron chi connectivity index (χ1n) is 7.65. The maximum absolute atomic E-state index is 4.40. The fraction of sp³-hybridized carbons (Fsp3) is 0.800. The van der Waals surface area contributed by atoms with Crippen LogP contribution < -0.4 is 5.32 Å². The summed E-state index contributed by atoms with van der Waals surface area (Å²) in [6.45, 7) is 4.39. The predicted octanol–water partition coefficient (Wildman–Crippen LogP) is 4.07. The number of aryl methyl sites for hydroxylation is 1. The average molecular weight is 249 g/mol. The van der Waals surface area contributed by atoms with E-state index < -0.39 is 0 Å². The van der Waals surface area contributed by atoms with E-state index in [0.29, 0.717) is 0 Å². The summed E-state index contributed by atoms with van der Waals surface area (Å²) in [7, 11) is 0. The molecule has 0 aliphatic heterocycles. The maximum Gasteiger partial charge on any atom is 0.202 e. The third-order valence-electron chi connectivity index (χ3n) is 4.03. The fourth-order valence-corrected chi connectivity index (χ4v) is 2.85. The molecule has 0 unspecified atom stereocenters. The Labute approximate surface area is 111 Å². The molecule has 102 valence electrons. The zero-order chi connectivity index (χ0) is 12.6. The molecule has 0 amide bonds. The third kappa shape index (κ3) is 4.04. The second-order valence-corrected chi connectivity index (χ2v) is 5.52. The fourth-order valence-electron chi connectivity index (χ4n) is 2.85. The van der Waals surface area contributed by atoms with Crippen LogP contribution in [0.4, 0.5) is 5.95 Å².